The summed E-state index contributed by atoms with van der Waals surface area (Å²) < 4.78 is 7.35. The van der Waals surface area contributed by atoms with Crippen molar-refractivity contribution < 1.29 is 14.6 Å². The normalized spacial score (nSPS) is 10.8. The monoisotopic (exact) mass is 297 g/mol. The minimum atomic E-state index is -1.07. The third-order valence-electron chi connectivity index (χ3n) is 3.50. The number of carbonyl (C=O) groups is 1. The molecule has 0 saturated heterocycles. The number of nitrogens with zero attached hydrogens (tertiary/aromatic N) is 3. The number of fused-ring (bicyclic) bond motifs is 1. The van der Waals surface area contributed by atoms with Gasteiger partial charge in [-0.3, -0.25) is 0 Å². The quantitative estimate of drug-likeness (QED) is 0.783. The van der Waals surface area contributed by atoms with Gasteiger partial charge in [0.2, 0.25) is 0 Å². The molecule has 6 nitrogen and oxygen atoms in total. The number of benzene rings is 2. The van der Waals surface area contributed by atoms with Crippen LogP contribution in [0.1, 0.15) is 16.2 Å². The minimum absolute atomic E-state index is 0.0230. The van der Waals surface area contributed by atoms with E-state index in [1.165, 1.54) is 4.68 Å². The second-order valence-corrected chi connectivity index (χ2v) is 4.88. The zero-order chi connectivity index (χ0) is 15.5. The zero-order valence-electron chi connectivity index (χ0n) is 12.1. The Bertz CT molecular complexity index is 821. The molecule has 3 rings (SSSR count). The van der Waals surface area contributed by atoms with Crippen molar-refractivity contribution in [2.75, 3.05) is 6.61 Å². The van der Waals surface area contributed by atoms with E-state index in [4.69, 9.17) is 9.84 Å². The summed E-state index contributed by atoms with van der Waals surface area (Å²) in [5, 5.41) is 18.6. The molecule has 1 aromatic heterocycles. The molecule has 1 N–H and O–H groups in total. The Hall–Kier alpha value is -2.89. The molecule has 22 heavy (non-hydrogen) atoms. The van der Waals surface area contributed by atoms with Crippen LogP contribution in [-0.4, -0.2) is 32.7 Å². The van der Waals surface area contributed by atoms with Gasteiger partial charge in [0.1, 0.15) is 12.4 Å². The van der Waals surface area contributed by atoms with E-state index in [2.05, 4.69) is 10.3 Å². The lowest BCUT2D eigenvalue weighted by atomic mass is 10.1. The topological polar surface area (TPSA) is 77.2 Å². The molecule has 0 fully saturated rings. The summed E-state index contributed by atoms with van der Waals surface area (Å²) in [4.78, 5) is 10.9. The molecule has 0 aliphatic rings. The number of hydrogen-bond acceptors (Lipinski definition) is 4. The van der Waals surface area contributed by atoms with Crippen molar-refractivity contribution in [3.05, 3.63) is 53.9 Å². The predicted molar refractivity (Wildman–Crippen MR) is 81.2 cm³/mol. The highest BCUT2D eigenvalue weighted by atomic mass is 16.5. The summed E-state index contributed by atoms with van der Waals surface area (Å²) in [5.74, 6) is -0.270. The van der Waals surface area contributed by atoms with E-state index in [1.807, 2.05) is 42.5 Å². The number of aromatic carboxylic acids is 1. The molecule has 1 heterocycles. The van der Waals surface area contributed by atoms with Crippen LogP contribution in [0.5, 0.6) is 5.75 Å². The summed E-state index contributed by atoms with van der Waals surface area (Å²) in [6.45, 7) is 2.51. The number of carboxylic acids is 1. The van der Waals surface area contributed by atoms with E-state index in [9.17, 15) is 4.79 Å². The van der Waals surface area contributed by atoms with Crippen molar-refractivity contribution in [1.82, 2.24) is 15.0 Å². The number of hydrogen-bond donors (Lipinski definition) is 1. The molecule has 0 spiro atoms. The molecule has 0 bridgehead atoms. The van der Waals surface area contributed by atoms with Gasteiger partial charge in [-0.15, -0.1) is 5.10 Å². The molecule has 3 aromatic rings. The minimum Gasteiger partial charge on any atom is -0.491 e. The summed E-state index contributed by atoms with van der Waals surface area (Å²) in [5.41, 5.74) is 0.499. The van der Waals surface area contributed by atoms with Crippen molar-refractivity contribution in [3.63, 3.8) is 0 Å². The fourth-order valence-electron chi connectivity index (χ4n) is 2.33. The first-order valence-electron chi connectivity index (χ1n) is 6.91. The number of aromatic nitrogens is 3. The zero-order valence-corrected chi connectivity index (χ0v) is 12.1. The van der Waals surface area contributed by atoms with Crippen LogP contribution in [0.15, 0.2) is 42.5 Å². The van der Waals surface area contributed by atoms with E-state index in [0.717, 1.165) is 16.5 Å². The van der Waals surface area contributed by atoms with Crippen LogP contribution in [-0.2, 0) is 6.54 Å². The van der Waals surface area contributed by atoms with Crippen LogP contribution < -0.4 is 4.74 Å². The molecule has 0 radical (unpaired) electrons. The van der Waals surface area contributed by atoms with Gasteiger partial charge >= 0.3 is 5.97 Å². The third-order valence-corrected chi connectivity index (χ3v) is 3.50. The Morgan fingerprint density at radius 2 is 2.00 bits per heavy atom. The third kappa shape index (κ3) is 2.63. The highest BCUT2D eigenvalue weighted by molar-refractivity contribution is 5.88. The number of ether oxygens (including phenoxy) is 1. The van der Waals surface area contributed by atoms with Gasteiger partial charge in [-0.2, -0.15) is 0 Å². The van der Waals surface area contributed by atoms with Crippen molar-refractivity contribution >= 4 is 16.7 Å². The average molecular weight is 297 g/mol. The molecule has 0 saturated carbocycles. The first kappa shape index (κ1) is 14.1. The van der Waals surface area contributed by atoms with Crippen LogP contribution in [0, 0.1) is 6.92 Å². The van der Waals surface area contributed by atoms with Gasteiger partial charge in [0.15, 0.2) is 5.69 Å². The summed E-state index contributed by atoms with van der Waals surface area (Å²) in [6.07, 6.45) is 0. The lowest BCUT2D eigenvalue weighted by molar-refractivity contribution is 0.0689. The molecular formula is C16H15N3O3. The SMILES string of the molecule is Cc1c(C(=O)O)nnn1CCOc1cccc2ccccc12. The van der Waals surface area contributed by atoms with Gasteiger partial charge in [0.05, 0.1) is 12.2 Å². The van der Waals surface area contributed by atoms with Crippen LogP contribution in [0.3, 0.4) is 0 Å². The van der Waals surface area contributed by atoms with Crippen LogP contribution >= 0.6 is 0 Å². The molecule has 0 unspecified atom stereocenters. The second kappa shape index (κ2) is 5.85. The van der Waals surface area contributed by atoms with Crippen molar-refractivity contribution in [2.24, 2.45) is 0 Å². The molecule has 0 amide bonds. The Kier molecular flexibility index (Phi) is 3.74. The smallest absolute Gasteiger partial charge is 0.358 e. The van der Waals surface area contributed by atoms with Gasteiger partial charge in [-0.1, -0.05) is 41.6 Å². The first-order valence-corrected chi connectivity index (χ1v) is 6.91. The van der Waals surface area contributed by atoms with Crippen LogP contribution in [0.2, 0.25) is 0 Å². The van der Waals surface area contributed by atoms with E-state index >= 15 is 0 Å². The second-order valence-electron chi connectivity index (χ2n) is 4.88. The van der Waals surface area contributed by atoms with Crippen LogP contribution in [0.4, 0.5) is 0 Å². The average Bonchev–Trinajstić information content (AvgIpc) is 2.89. The molecule has 2 aromatic carbocycles. The van der Waals surface area contributed by atoms with E-state index in [0.29, 0.717) is 18.8 Å². The standard InChI is InChI=1S/C16H15N3O3/c1-11-15(16(20)21)17-18-19(11)9-10-22-14-8-4-6-12-5-2-3-7-13(12)14/h2-8H,9-10H2,1H3,(H,20,21). The highest BCUT2D eigenvalue weighted by Gasteiger charge is 2.14. The Labute approximate surface area is 126 Å². The summed E-state index contributed by atoms with van der Waals surface area (Å²) >= 11 is 0. The van der Waals surface area contributed by atoms with Gasteiger partial charge in [0, 0.05) is 5.39 Å². The van der Waals surface area contributed by atoms with Gasteiger partial charge in [-0.05, 0) is 18.4 Å². The maximum absolute atomic E-state index is 10.9. The fraction of sp³-hybridized carbons (Fsp3) is 0.188. The maximum Gasteiger partial charge on any atom is 0.358 e. The highest BCUT2D eigenvalue weighted by Crippen LogP contribution is 2.25. The molecule has 112 valence electrons. The summed E-state index contributed by atoms with van der Waals surface area (Å²) in [7, 11) is 0. The Balaban J connectivity index is 1.71. The lowest BCUT2D eigenvalue weighted by Gasteiger charge is -2.09. The predicted octanol–water partition coefficient (Wildman–Crippen LogP) is 2.52. The number of carboxylic acid groups (broad SMARTS) is 1. The van der Waals surface area contributed by atoms with Gasteiger partial charge < -0.3 is 9.84 Å². The fourth-order valence-corrected chi connectivity index (χ4v) is 2.33. The van der Waals surface area contributed by atoms with Crippen molar-refractivity contribution in [2.45, 2.75) is 13.5 Å². The van der Waals surface area contributed by atoms with Crippen molar-refractivity contribution in [3.8, 4) is 5.75 Å². The van der Waals surface area contributed by atoms with Crippen LogP contribution in [0.25, 0.3) is 10.8 Å². The molecule has 0 atom stereocenters. The van der Waals surface area contributed by atoms with Gasteiger partial charge in [0.25, 0.3) is 0 Å². The molecule has 6 heteroatoms. The first-order chi connectivity index (χ1) is 10.7. The summed E-state index contributed by atoms with van der Waals surface area (Å²) in [6, 6.07) is 13.9. The lowest BCUT2D eigenvalue weighted by Crippen LogP contribution is -2.11. The Morgan fingerprint density at radius 1 is 1.23 bits per heavy atom. The molecule has 0 aliphatic heterocycles. The largest absolute Gasteiger partial charge is 0.491 e. The maximum atomic E-state index is 10.9. The number of rotatable bonds is 5. The molecule has 0 aliphatic carbocycles. The van der Waals surface area contributed by atoms with Gasteiger partial charge in [-0.25, -0.2) is 9.48 Å². The Morgan fingerprint density at radius 3 is 2.77 bits per heavy atom. The van der Waals surface area contributed by atoms with E-state index < -0.39 is 5.97 Å². The molecular weight excluding hydrogens is 282 g/mol. The van der Waals surface area contributed by atoms with E-state index in [1.54, 1.807) is 6.92 Å². The van der Waals surface area contributed by atoms with Crippen molar-refractivity contribution in [1.29, 1.82) is 0 Å². The van der Waals surface area contributed by atoms with E-state index in [-0.39, 0.29) is 5.69 Å².